The number of nitrogens with one attached hydrogen (secondary N) is 2. The minimum absolute atomic E-state index is 0.104. The molecule has 1 aliphatic rings. The smallest absolute Gasteiger partial charge is 0.252 e. The fourth-order valence-corrected chi connectivity index (χ4v) is 1.79. The van der Waals surface area contributed by atoms with Gasteiger partial charge in [-0.25, -0.2) is 0 Å². The van der Waals surface area contributed by atoms with E-state index in [4.69, 9.17) is 0 Å². The number of hydrogen-bond donors (Lipinski definition) is 2. The molecule has 0 spiro atoms. The number of imide groups is 1. The number of carbonyl (C=O) groups is 2. The Kier molecular flexibility index (Phi) is 2.89. The number of anilines is 1. The second-order valence-corrected chi connectivity index (χ2v) is 3.77. The second kappa shape index (κ2) is 4.34. The number of aromatic amines is 1. The molecule has 0 aromatic carbocycles. The summed E-state index contributed by atoms with van der Waals surface area (Å²) in [5, 5.41) is 9.39. The number of hydrogen-bond acceptors (Lipinski definition) is 4. The van der Waals surface area contributed by atoms with Crippen molar-refractivity contribution in [3.05, 3.63) is 12.4 Å². The molecule has 1 fully saturated rings. The molecule has 0 bridgehead atoms. The molecule has 0 aliphatic carbocycles. The highest BCUT2D eigenvalue weighted by Crippen LogP contribution is 2.17. The first-order valence-electron chi connectivity index (χ1n) is 5.32. The molecule has 0 radical (unpaired) electrons. The van der Waals surface area contributed by atoms with Crippen molar-refractivity contribution in [3.63, 3.8) is 0 Å². The Morgan fingerprint density at radius 3 is 3.06 bits per heavy atom. The van der Waals surface area contributed by atoms with Gasteiger partial charge < -0.3 is 5.32 Å². The summed E-state index contributed by atoms with van der Waals surface area (Å²) in [6.07, 6.45) is 4.25. The van der Waals surface area contributed by atoms with Gasteiger partial charge in [-0.15, -0.1) is 0 Å². The van der Waals surface area contributed by atoms with E-state index in [1.165, 1.54) is 4.90 Å². The Morgan fingerprint density at radius 1 is 1.62 bits per heavy atom. The molecular formula is C10H14N4O2. The molecule has 2 amide bonds. The monoisotopic (exact) mass is 222 g/mol. The van der Waals surface area contributed by atoms with E-state index in [2.05, 4.69) is 15.5 Å². The molecular weight excluding hydrogens is 208 g/mol. The first-order valence-corrected chi connectivity index (χ1v) is 5.32. The Hall–Kier alpha value is -1.85. The Labute approximate surface area is 93.0 Å². The highest BCUT2D eigenvalue weighted by molar-refractivity contribution is 6.06. The van der Waals surface area contributed by atoms with Crippen LogP contribution in [0.5, 0.6) is 0 Å². The lowest BCUT2D eigenvalue weighted by Crippen LogP contribution is -2.35. The number of H-pyrrole nitrogens is 1. The molecule has 6 heteroatoms. The summed E-state index contributed by atoms with van der Waals surface area (Å²) >= 11 is 0. The Morgan fingerprint density at radius 2 is 2.44 bits per heavy atom. The summed E-state index contributed by atoms with van der Waals surface area (Å²) in [5.74, 6) is -0.249. The van der Waals surface area contributed by atoms with Crippen LogP contribution in [0.3, 0.4) is 0 Å². The zero-order chi connectivity index (χ0) is 11.5. The number of rotatable bonds is 4. The molecule has 1 aromatic rings. The van der Waals surface area contributed by atoms with Crippen molar-refractivity contribution in [2.24, 2.45) is 0 Å². The van der Waals surface area contributed by atoms with Gasteiger partial charge in [0.1, 0.15) is 6.04 Å². The Balaban J connectivity index is 2.03. The van der Waals surface area contributed by atoms with Gasteiger partial charge in [0.2, 0.25) is 5.91 Å². The van der Waals surface area contributed by atoms with Crippen molar-refractivity contribution in [1.82, 2.24) is 15.1 Å². The quantitative estimate of drug-likeness (QED) is 0.721. The van der Waals surface area contributed by atoms with Crippen LogP contribution in [0, 0.1) is 0 Å². The molecule has 1 aliphatic heterocycles. The van der Waals surface area contributed by atoms with Crippen LogP contribution in [0.15, 0.2) is 12.4 Å². The lowest BCUT2D eigenvalue weighted by atomic mass is 10.2. The number of nitrogens with zero attached hydrogens (tertiary/aromatic N) is 2. The minimum atomic E-state index is -0.448. The van der Waals surface area contributed by atoms with Crippen LogP contribution in [0.2, 0.25) is 0 Å². The largest absolute Gasteiger partial charge is 0.371 e. The first-order chi connectivity index (χ1) is 7.72. The van der Waals surface area contributed by atoms with E-state index < -0.39 is 6.04 Å². The summed E-state index contributed by atoms with van der Waals surface area (Å²) in [5.41, 5.74) is 0.726. The van der Waals surface area contributed by atoms with Gasteiger partial charge in [-0.05, 0) is 6.42 Å². The predicted molar refractivity (Wildman–Crippen MR) is 57.6 cm³/mol. The third-order valence-electron chi connectivity index (χ3n) is 2.53. The van der Waals surface area contributed by atoms with Crippen molar-refractivity contribution in [1.29, 1.82) is 0 Å². The van der Waals surface area contributed by atoms with Gasteiger partial charge in [-0.1, -0.05) is 6.92 Å². The summed E-state index contributed by atoms with van der Waals surface area (Å²) in [7, 11) is 0. The molecule has 6 nitrogen and oxygen atoms in total. The van der Waals surface area contributed by atoms with Crippen LogP contribution >= 0.6 is 0 Å². The molecule has 1 saturated heterocycles. The molecule has 86 valence electrons. The maximum atomic E-state index is 11.8. The van der Waals surface area contributed by atoms with Crippen LogP contribution in [0.25, 0.3) is 0 Å². The van der Waals surface area contributed by atoms with Gasteiger partial charge in [0, 0.05) is 12.7 Å². The SMILES string of the molecule is CCCN1C(=O)CC(Nc2cn[nH]c2)C1=O. The standard InChI is InChI=1S/C10H14N4O2/c1-2-3-14-9(15)4-8(10(14)16)13-7-5-11-12-6-7/h5-6,8,13H,2-4H2,1H3,(H,11,12). The first kappa shape index (κ1) is 10.7. The third-order valence-corrected chi connectivity index (χ3v) is 2.53. The van der Waals surface area contributed by atoms with Crippen molar-refractivity contribution >= 4 is 17.5 Å². The van der Waals surface area contributed by atoms with Gasteiger partial charge in [0.15, 0.2) is 0 Å². The molecule has 1 atom stereocenters. The van der Waals surface area contributed by atoms with Crippen molar-refractivity contribution in [2.75, 3.05) is 11.9 Å². The molecule has 1 unspecified atom stereocenters. The average molecular weight is 222 g/mol. The summed E-state index contributed by atoms with van der Waals surface area (Å²) in [6.45, 7) is 2.44. The fourth-order valence-electron chi connectivity index (χ4n) is 1.79. The molecule has 2 rings (SSSR count). The van der Waals surface area contributed by atoms with E-state index in [0.29, 0.717) is 6.54 Å². The number of aromatic nitrogens is 2. The Bertz CT molecular complexity index is 388. The maximum absolute atomic E-state index is 11.8. The van der Waals surface area contributed by atoms with Crippen LogP contribution in [0.1, 0.15) is 19.8 Å². The molecule has 2 N–H and O–H groups in total. The number of carbonyl (C=O) groups excluding carboxylic acids is 2. The van der Waals surface area contributed by atoms with E-state index in [9.17, 15) is 9.59 Å². The lowest BCUT2D eigenvalue weighted by Gasteiger charge is -2.13. The molecule has 2 heterocycles. The normalized spacial score (nSPS) is 20.6. The van der Waals surface area contributed by atoms with Gasteiger partial charge in [0.05, 0.1) is 18.3 Å². The lowest BCUT2D eigenvalue weighted by molar-refractivity contribution is -0.138. The van der Waals surface area contributed by atoms with Crippen LogP contribution < -0.4 is 5.32 Å². The maximum Gasteiger partial charge on any atom is 0.252 e. The van der Waals surface area contributed by atoms with Crippen LogP contribution in [-0.2, 0) is 9.59 Å². The van der Waals surface area contributed by atoms with E-state index >= 15 is 0 Å². The average Bonchev–Trinajstić information content (AvgIpc) is 2.84. The van der Waals surface area contributed by atoms with Crippen molar-refractivity contribution in [2.45, 2.75) is 25.8 Å². The van der Waals surface area contributed by atoms with Crippen LogP contribution in [-0.4, -0.2) is 39.5 Å². The fraction of sp³-hybridized carbons (Fsp3) is 0.500. The van der Waals surface area contributed by atoms with Gasteiger partial charge in [0.25, 0.3) is 5.91 Å². The number of amides is 2. The van der Waals surface area contributed by atoms with Gasteiger partial charge >= 0.3 is 0 Å². The summed E-state index contributed by atoms with van der Waals surface area (Å²) in [4.78, 5) is 24.7. The number of likely N-dealkylation sites (tertiary alicyclic amines) is 1. The van der Waals surface area contributed by atoms with Crippen LogP contribution in [0.4, 0.5) is 5.69 Å². The third kappa shape index (κ3) is 1.91. The van der Waals surface area contributed by atoms with Crippen molar-refractivity contribution in [3.8, 4) is 0 Å². The van der Waals surface area contributed by atoms with E-state index in [-0.39, 0.29) is 18.2 Å². The topological polar surface area (TPSA) is 78.1 Å². The highest BCUT2D eigenvalue weighted by atomic mass is 16.2. The molecule has 1 aromatic heterocycles. The summed E-state index contributed by atoms with van der Waals surface area (Å²) in [6, 6.07) is -0.448. The van der Waals surface area contributed by atoms with Crippen molar-refractivity contribution < 1.29 is 9.59 Å². The highest BCUT2D eigenvalue weighted by Gasteiger charge is 2.37. The predicted octanol–water partition coefficient (Wildman–Crippen LogP) is 0.359. The summed E-state index contributed by atoms with van der Waals surface area (Å²) < 4.78 is 0. The molecule has 0 saturated carbocycles. The van der Waals surface area contributed by atoms with Gasteiger partial charge in [-0.2, -0.15) is 5.10 Å². The zero-order valence-corrected chi connectivity index (χ0v) is 9.06. The van der Waals surface area contributed by atoms with E-state index in [1.807, 2.05) is 6.92 Å². The second-order valence-electron chi connectivity index (χ2n) is 3.77. The minimum Gasteiger partial charge on any atom is -0.371 e. The zero-order valence-electron chi connectivity index (χ0n) is 9.06. The molecule has 16 heavy (non-hydrogen) atoms. The van der Waals surface area contributed by atoms with E-state index in [0.717, 1.165) is 12.1 Å². The van der Waals surface area contributed by atoms with Gasteiger partial charge in [-0.3, -0.25) is 19.6 Å². The van der Waals surface area contributed by atoms with E-state index in [1.54, 1.807) is 12.4 Å².